The Labute approximate surface area is 238 Å². The number of rotatable bonds is 10. The van der Waals surface area contributed by atoms with Gasteiger partial charge in [0.05, 0.1) is 29.1 Å². The summed E-state index contributed by atoms with van der Waals surface area (Å²) in [4.78, 5) is 18.0. The summed E-state index contributed by atoms with van der Waals surface area (Å²) >= 11 is 6.03. The first kappa shape index (κ1) is 30.1. The fourth-order valence-electron chi connectivity index (χ4n) is 4.06. The predicted octanol–water partition coefficient (Wildman–Crippen LogP) is 4.49. The SMILES string of the molecule is COc1nc(C)c(Cl)cc1S(=O)(=O)Nc1ccc(F)c(-c2ccc3c(C(=O)NCCCN(C)C)n[nH]c3c2F)c1F. The zero-order chi connectivity index (χ0) is 30.1. The van der Waals surface area contributed by atoms with Crippen molar-refractivity contribution >= 4 is 44.1 Å². The number of anilines is 1. The van der Waals surface area contributed by atoms with Crippen molar-refractivity contribution in [3.63, 3.8) is 0 Å². The average molecular weight is 611 g/mol. The van der Waals surface area contributed by atoms with E-state index in [1.165, 1.54) is 20.1 Å². The van der Waals surface area contributed by atoms with Crippen molar-refractivity contribution in [1.29, 1.82) is 0 Å². The van der Waals surface area contributed by atoms with Crippen LogP contribution in [0, 0.1) is 24.4 Å². The van der Waals surface area contributed by atoms with E-state index in [9.17, 15) is 17.6 Å². The van der Waals surface area contributed by atoms with Crippen LogP contribution in [-0.2, 0) is 10.0 Å². The molecular weight excluding hydrogens is 585 g/mol. The summed E-state index contributed by atoms with van der Waals surface area (Å²) in [6.07, 6.45) is 0.679. The Bertz CT molecular complexity index is 1750. The van der Waals surface area contributed by atoms with E-state index in [0.717, 1.165) is 30.8 Å². The Kier molecular flexibility index (Phi) is 8.75. The molecule has 0 aliphatic heterocycles. The number of methoxy groups -OCH3 is 1. The number of aromatic amines is 1. The van der Waals surface area contributed by atoms with Gasteiger partial charge in [-0.3, -0.25) is 14.6 Å². The van der Waals surface area contributed by atoms with Gasteiger partial charge in [0.2, 0.25) is 5.88 Å². The summed E-state index contributed by atoms with van der Waals surface area (Å²) in [5.41, 5.74) is -2.06. The fraction of sp³-hybridized carbons (Fsp3) is 0.269. The van der Waals surface area contributed by atoms with Gasteiger partial charge in [0.25, 0.3) is 15.9 Å². The number of nitrogens with one attached hydrogen (secondary N) is 3. The third-order valence-corrected chi connectivity index (χ3v) is 7.87. The van der Waals surface area contributed by atoms with Crippen molar-refractivity contribution in [2.24, 2.45) is 0 Å². The Morgan fingerprint density at radius 1 is 1.15 bits per heavy atom. The van der Waals surface area contributed by atoms with Crippen molar-refractivity contribution in [2.75, 3.05) is 39.0 Å². The van der Waals surface area contributed by atoms with Gasteiger partial charge in [0.1, 0.15) is 11.3 Å². The van der Waals surface area contributed by atoms with E-state index >= 15 is 8.78 Å². The van der Waals surface area contributed by atoms with Crippen LogP contribution < -0.4 is 14.8 Å². The minimum atomic E-state index is -4.54. The van der Waals surface area contributed by atoms with Crippen LogP contribution in [-0.4, -0.2) is 68.7 Å². The number of hydrogen-bond donors (Lipinski definition) is 3. The Morgan fingerprint density at radius 2 is 1.88 bits per heavy atom. The standard InChI is InChI=1S/C26H26ClF3N6O4S/c1-13-16(27)12-19(26(32-13)40-4)41(38,39)35-18-9-8-17(28)20(22(18)30)14-6-7-15-23(21(14)29)33-34-24(15)25(37)31-10-5-11-36(2)3/h6-9,12,35H,5,10-11H2,1-4H3,(H,31,37)(H,33,34). The summed E-state index contributed by atoms with van der Waals surface area (Å²) < 4.78 is 79.3. The zero-order valence-electron chi connectivity index (χ0n) is 22.4. The highest BCUT2D eigenvalue weighted by Crippen LogP contribution is 2.36. The molecule has 2 heterocycles. The molecule has 3 N–H and O–H groups in total. The maximum atomic E-state index is 15.6. The lowest BCUT2D eigenvalue weighted by Crippen LogP contribution is -2.27. The van der Waals surface area contributed by atoms with Gasteiger partial charge < -0.3 is 15.0 Å². The lowest BCUT2D eigenvalue weighted by Gasteiger charge is -2.15. The number of nitrogens with zero attached hydrogens (tertiary/aromatic N) is 3. The van der Waals surface area contributed by atoms with Crippen LogP contribution in [0.2, 0.25) is 5.02 Å². The molecule has 0 saturated heterocycles. The van der Waals surface area contributed by atoms with Crippen LogP contribution in [0.4, 0.5) is 18.9 Å². The lowest BCUT2D eigenvalue weighted by atomic mass is 10.0. The van der Waals surface area contributed by atoms with Gasteiger partial charge in [-0.2, -0.15) is 5.10 Å². The summed E-state index contributed by atoms with van der Waals surface area (Å²) in [6, 6.07) is 5.11. The van der Waals surface area contributed by atoms with E-state index < -0.39 is 55.1 Å². The molecular formula is C26H26ClF3N6O4S. The third kappa shape index (κ3) is 6.09. The maximum absolute atomic E-state index is 15.6. The minimum Gasteiger partial charge on any atom is -0.480 e. The van der Waals surface area contributed by atoms with Crippen molar-refractivity contribution in [3.05, 3.63) is 64.2 Å². The van der Waals surface area contributed by atoms with Crippen molar-refractivity contribution < 1.29 is 31.1 Å². The highest BCUT2D eigenvalue weighted by atomic mass is 35.5. The number of carbonyl (C=O) groups is 1. The molecule has 0 bridgehead atoms. The van der Waals surface area contributed by atoms with Crippen LogP contribution in [0.1, 0.15) is 22.6 Å². The van der Waals surface area contributed by atoms with Crippen LogP contribution in [0.25, 0.3) is 22.0 Å². The fourth-order valence-corrected chi connectivity index (χ4v) is 5.47. The van der Waals surface area contributed by atoms with Crippen LogP contribution >= 0.6 is 11.6 Å². The first-order valence-electron chi connectivity index (χ1n) is 12.2. The third-order valence-electron chi connectivity index (χ3n) is 6.13. The van der Waals surface area contributed by atoms with Crippen LogP contribution in [0.5, 0.6) is 5.88 Å². The van der Waals surface area contributed by atoms with Gasteiger partial charge in [0, 0.05) is 17.5 Å². The lowest BCUT2D eigenvalue weighted by molar-refractivity contribution is 0.0949. The average Bonchev–Trinajstić information content (AvgIpc) is 3.35. The molecule has 0 aliphatic carbocycles. The first-order chi connectivity index (χ1) is 19.4. The van der Waals surface area contributed by atoms with Gasteiger partial charge in [0.15, 0.2) is 22.2 Å². The molecule has 0 fully saturated rings. The Morgan fingerprint density at radius 3 is 2.56 bits per heavy atom. The highest BCUT2D eigenvalue weighted by molar-refractivity contribution is 7.92. The second-order valence-corrected chi connectivity index (χ2v) is 11.3. The first-order valence-corrected chi connectivity index (χ1v) is 14.0. The number of sulfonamides is 1. The van der Waals surface area contributed by atoms with Gasteiger partial charge in [-0.15, -0.1) is 0 Å². The highest BCUT2D eigenvalue weighted by Gasteiger charge is 2.27. The largest absolute Gasteiger partial charge is 0.480 e. The van der Waals surface area contributed by atoms with Crippen molar-refractivity contribution in [3.8, 4) is 17.0 Å². The second-order valence-electron chi connectivity index (χ2n) is 9.29. The van der Waals surface area contributed by atoms with E-state index in [4.69, 9.17) is 16.3 Å². The molecule has 4 aromatic rings. The van der Waals surface area contributed by atoms with Gasteiger partial charge in [-0.1, -0.05) is 17.7 Å². The number of ether oxygens (including phenoxy) is 1. The van der Waals surface area contributed by atoms with E-state index in [1.807, 2.05) is 23.7 Å². The molecule has 218 valence electrons. The number of hydrogen-bond acceptors (Lipinski definition) is 7. The predicted molar refractivity (Wildman–Crippen MR) is 148 cm³/mol. The summed E-state index contributed by atoms with van der Waals surface area (Å²) in [6.45, 7) is 2.64. The van der Waals surface area contributed by atoms with Crippen molar-refractivity contribution in [1.82, 2.24) is 25.4 Å². The number of halogens is 4. The molecule has 4 rings (SSSR count). The van der Waals surface area contributed by atoms with Gasteiger partial charge in [-0.25, -0.2) is 26.6 Å². The topological polar surface area (TPSA) is 129 Å². The number of fused-ring (bicyclic) bond motifs is 1. The summed E-state index contributed by atoms with van der Waals surface area (Å²) in [7, 11) is 0.452. The van der Waals surface area contributed by atoms with Gasteiger partial charge in [-0.05, 0) is 58.3 Å². The molecule has 0 aliphatic rings. The molecule has 0 spiro atoms. The van der Waals surface area contributed by atoms with E-state index in [2.05, 4.69) is 20.5 Å². The summed E-state index contributed by atoms with van der Waals surface area (Å²) in [5.74, 6) is -4.46. The molecule has 41 heavy (non-hydrogen) atoms. The molecule has 0 unspecified atom stereocenters. The maximum Gasteiger partial charge on any atom is 0.272 e. The number of amides is 1. The molecule has 10 nitrogen and oxygen atoms in total. The molecule has 1 amide bonds. The molecule has 15 heteroatoms. The minimum absolute atomic E-state index is 0.0167. The Balaban J connectivity index is 1.69. The number of pyridine rings is 1. The molecule has 0 saturated carbocycles. The molecule has 2 aromatic carbocycles. The molecule has 0 atom stereocenters. The Hall–Kier alpha value is -3.88. The van der Waals surface area contributed by atoms with Gasteiger partial charge >= 0.3 is 0 Å². The van der Waals surface area contributed by atoms with Crippen molar-refractivity contribution in [2.45, 2.75) is 18.2 Å². The number of benzene rings is 2. The van der Waals surface area contributed by atoms with E-state index in [1.54, 1.807) is 0 Å². The van der Waals surface area contributed by atoms with Crippen LogP contribution in [0.15, 0.2) is 35.2 Å². The summed E-state index contributed by atoms with van der Waals surface area (Å²) in [5, 5.41) is 9.11. The molecule has 2 aromatic heterocycles. The smallest absolute Gasteiger partial charge is 0.272 e. The number of H-pyrrole nitrogens is 1. The van der Waals surface area contributed by atoms with E-state index in [0.29, 0.717) is 18.7 Å². The number of carbonyl (C=O) groups excluding carboxylic acids is 1. The van der Waals surface area contributed by atoms with Crippen LogP contribution in [0.3, 0.4) is 0 Å². The second kappa shape index (κ2) is 11.9. The quantitative estimate of drug-likeness (QED) is 0.226. The zero-order valence-corrected chi connectivity index (χ0v) is 24.0. The normalized spacial score (nSPS) is 11.7. The van der Waals surface area contributed by atoms with E-state index in [-0.39, 0.29) is 27.5 Å². The monoisotopic (exact) mass is 610 g/mol. The number of aromatic nitrogens is 3. The molecule has 0 radical (unpaired) electrons. The number of aryl methyl sites for hydroxylation is 1.